The highest BCUT2D eigenvalue weighted by atomic mass is 32.1. The van der Waals surface area contributed by atoms with E-state index in [1.54, 1.807) is 5.38 Å². The molecule has 8 heteroatoms. The predicted molar refractivity (Wildman–Crippen MR) is 66.9 cm³/mol. The van der Waals surface area contributed by atoms with Gasteiger partial charge < -0.3 is 9.57 Å². The van der Waals surface area contributed by atoms with Crippen LogP contribution in [0.25, 0.3) is 0 Å². The van der Waals surface area contributed by atoms with Crippen molar-refractivity contribution < 1.29 is 19.2 Å². The van der Waals surface area contributed by atoms with E-state index in [0.29, 0.717) is 17.1 Å². The molecule has 1 aromatic heterocycles. The van der Waals surface area contributed by atoms with Crippen molar-refractivity contribution in [1.82, 2.24) is 4.98 Å². The SMILES string of the molecule is C=CCOC(=O)Nc1nc(C(C=O)=NOC)cs1. The fraction of sp³-hybridized carbons (Fsp3) is 0.200. The maximum absolute atomic E-state index is 11.2. The summed E-state index contributed by atoms with van der Waals surface area (Å²) in [4.78, 5) is 30.4. The number of hydrogen-bond acceptors (Lipinski definition) is 7. The fourth-order valence-corrected chi connectivity index (χ4v) is 1.62. The number of carbonyl (C=O) groups excluding carboxylic acids is 2. The maximum Gasteiger partial charge on any atom is 0.413 e. The highest BCUT2D eigenvalue weighted by molar-refractivity contribution is 7.14. The average Bonchev–Trinajstić information content (AvgIpc) is 2.81. The summed E-state index contributed by atoms with van der Waals surface area (Å²) in [5.74, 6) is 0. The van der Waals surface area contributed by atoms with Crippen LogP contribution in [0.2, 0.25) is 0 Å². The normalized spacial score (nSPS) is 10.6. The van der Waals surface area contributed by atoms with Crippen molar-refractivity contribution in [3.05, 3.63) is 23.7 Å². The van der Waals surface area contributed by atoms with E-state index in [-0.39, 0.29) is 12.3 Å². The zero-order chi connectivity index (χ0) is 13.4. The van der Waals surface area contributed by atoms with Crippen LogP contribution in [0.1, 0.15) is 5.69 Å². The lowest BCUT2D eigenvalue weighted by molar-refractivity contribution is -0.102. The first kappa shape index (κ1) is 13.8. The lowest BCUT2D eigenvalue weighted by Crippen LogP contribution is -2.13. The average molecular weight is 269 g/mol. The summed E-state index contributed by atoms with van der Waals surface area (Å²) >= 11 is 1.14. The Hall–Kier alpha value is -2.22. The van der Waals surface area contributed by atoms with Crippen molar-refractivity contribution in [1.29, 1.82) is 0 Å². The summed E-state index contributed by atoms with van der Waals surface area (Å²) in [5.41, 5.74) is 0.358. The molecule has 96 valence electrons. The number of anilines is 1. The van der Waals surface area contributed by atoms with Gasteiger partial charge in [0.2, 0.25) is 0 Å². The maximum atomic E-state index is 11.2. The first-order chi connectivity index (χ1) is 8.71. The zero-order valence-electron chi connectivity index (χ0n) is 9.58. The van der Waals surface area contributed by atoms with E-state index in [4.69, 9.17) is 4.74 Å². The van der Waals surface area contributed by atoms with E-state index in [2.05, 4.69) is 26.9 Å². The van der Waals surface area contributed by atoms with Gasteiger partial charge in [-0.3, -0.25) is 10.1 Å². The summed E-state index contributed by atoms with van der Waals surface area (Å²) in [7, 11) is 1.32. The van der Waals surface area contributed by atoms with Crippen LogP contribution in [-0.2, 0) is 14.4 Å². The van der Waals surface area contributed by atoms with Crippen LogP contribution in [0, 0.1) is 0 Å². The smallest absolute Gasteiger partial charge is 0.413 e. The van der Waals surface area contributed by atoms with E-state index >= 15 is 0 Å². The van der Waals surface area contributed by atoms with Crippen LogP contribution in [-0.4, -0.2) is 36.8 Å². The Kier molecular flexibility index (Phi) is 5.52. The second-order valence-corrected chi connectivity index (χ2v) is 3.69. The molecule has 1 aromatic rings. The molecule has 0 unspecified atom stereocenters. The molecule has 0 aromatic carbocycles. The topological polar surface area (TPSA) is 89.9 Å². The number of aromatic nitrogens is 1. The van der Waals surface area contributed by atoms with Gasteiger partial charge in [0.1, 0.15) is 19.4 Å². The Morgan fingerprint density at radius 2 is 2.50 bits per heavy atom. The van der Waals surface area contributed by atoms with Crippen LogP contribution < -0.4 is 5.32 Å². The van der Waals surface area contributed by atoms with Crippen molar-refractivity contribution in [3.63, 3.8) is 0 Å². The third-order valence-electron chi connectivity index (χ3n) is 1.61. The van der Waals surface area contributed by atoms with Gasteiger partial charge in [-0.05, 0) is 0 Å². The predicted octanol–water partition coefficient (Wildman–Crippen LogP) is 1.43. The summed E-state index contributed by atoms with van der Waals surface area (Å²) in [6, 6.07) is 0. The minimum atomic E-state index is -0.646. The van der Waals surface area contributed by atoms with Crippen LogP contribution in [0.5, 0.6) is 0 Å². The lowest BCUT2D eigenvalue weighted by Gasteiger charge is -2.00. The van der Waals surface area contributed by atoms with Gasteiger partial charge in [-0.2, -0.15) is 0 Å². The van der Waals surface area contributed by atoms with Crippen molar-refractivity contribution in [2.24, 2.45) is 5.16 Å². The van der Waals surface area contributed by atoms with Crippen molar-refractivity contribution >= 4 is 34.6 Å². The molecule has 7 nitrogen and oxygen atoms in total. The van der Waals surface area contributed by atoms with Gasteiger partial charge in [-0.1, -0.05) is 17.8 Å². The summed E-state index contributed by atoms with van der Waals surface area (Å²) < 4.78 is 4.71. The van der Waals surface area contributed by atoms with E-state index in [0.717, 1.165) is 11.3 Å². The highest BCUT2D eigenvalue weighted by Gasteiger charge is 2.11. The number of rotatable bonds is 6. The molecule has 18 heavy (non-hydrogen) atoms. The minimum absolute atomic E-state index is 0.0428. The molecule has 0 aliphatic heterocycles. The molecular formula is C10H11N3O4S. The number of nitrogens with zero attached hydrogens (tertiary/aromatic N) is 2. The second kappa shape index (κ2) is 7.17. The van der Waals surface area contributed by atoms with E-state index in [1.807, 2.05) is 0 Å². The second-order valence-electron chi connectivity index (χ2n) is 2.83. The molecule has 0 saturated carbocycles. The van der Waals surface area contributed by atoms with Crippen molar-refractivity contribution in [2.75, 3.05) is 19.0 Å². The van der Waals surface area contributed by atoms with Gasteiger partial charge in [0.15, 0.2) is 17.1 Å². The number of aldehydes is 1. The number of amides is 1. The Bertz CT molecular complexity index is 469. The summed E-state index contributed by atoms with van der Waals surface area (Å²) in [6.45, 7) is 3.52. The number of nitrogens with one attached hydrogen (secondary N) is 1. The summed E-state index contributed by atoms with van der Waals surface area (Å²) in [6.07, 6.45) is 1.31. The standard InChI is InChI=1S/C10H11N3O4S/c1-3-4-17-10(15)12-9-11-8(6-18-9)7(5-14)13-16-2/h3,5-6H,1,4H2,2H3,(H,11,12,15). The lowest BCUT2D eigenvalue weighted by atomic mass is 10.3. The number of carbonyl (C=O) groups is 2. The molecule has 1 heterocycles. The molecular weight excluding hydrogens is 258 g/mol. The Morgan fingerprint density at radius 3 is 3.11 bits per heavy atom. The number of thiazole rings is 1. The van der Waals surface area contributed by atoms with Crippen LogP contribution in [0.4, 0.5) is 9.93 Å². The zero-order valence-corrected chi connectivity index (χ0v) is 10.4. The molecule has 0 aliphatic carbocycles. The third-order valence-corrected chi connectivity index (χ3v) is 2.37. The van der Waals surface area contributed by atoms with E-state index < -0.39 is 6.09 Å². The molecule has 0 fully saturated rings. The fourth-order valence-electron chi connectivity index (χ4n) is 0.934. The molecule has 1 amide bonds. The first-order valence-electron chi connectivity index (χ1n) is 4.78. The Morgan fingerprint density at radius 1 is 1.72 bits per heavy atom. The molecule has 1 rings (SSSR count). The van der Waals surface area contributed by atoms with Gasteiger partial charge in [0, 0.05) is 5.38 Å². The number of ether oxygens (including phenoxy) is 1. The molecule has 0 spiro atoms. The highest BCUT2D eigenvalue weighted by Crippen LogP contribution is 2.16. The quantitative estimate of drug-likeness (QED) is 0.365. The van der Waals surface area contributed by atoms with E-state index in [9.17, 15) is 9.59 Å². The molecule has 0 atom stereocenters. The number of oxime groups is 1. The third kappa shape index (κ3) is 3.98. The van der Waals surface area contributed by atoms with E-state index in [1.165, 1.54) is 13.2 Å². The van der Waals surface area contributed by atoms with Crippen LogP contribution in [0.3, 0.4) is 0 Å². The Balaban J connectivity index is 2.68. The van der Waals surface area contributed by atoms with Gasteiger partial charge in [-0.15, -0.1) is 11.3 Å². The summed E-state index contributed by atoms with van der Waals surface area (Å²) in [5, 5.41) is 7.76. The Labute approximate surface area is 107 Å². The van der Waals surface area contributed by atoms with Gasteiger partial charge in [0.05, 0.1) is 0 Å². The van der Waals surface area contributed by atoms with Crippen molar-refractivity contribution in [2.45, 2.75) is 0 Å². The largest absolute Gasteiger partial charge is 0.445 e. The first-order valence-corrected chi connectivity index (χ1v) is 5.66. The van der Waals surface area contributed by atoms with Crippen LogP contribution >= 0.6 is 11.3 Å². The molecule has 0 bridgehead atoms. The molecule has 1 N–H and O–H groups in total. The van der Waals surface area contributed by atoms with Gasteiger partial charge in [0.25, 0.3) is 0 Å². The molecule has 0 saturated heterocycles. The monoisotopic (exact) mass is 269 g/mol. The number of hydrogen-bond donors (Lipinski definition) is 1. The van der Waals surface area contributed by atoms with Gasteiger partial charge in [-0.25, -0.2) is 9.78 Å². The molecule has 0 aliphatic rings. The van der Waals surface area contributed by atoms with Gasteiger partial charge >= 0.3 is 6.09 Å². The van der Waals surface area contributed by atoms with Crippen LogP contribution in [0.15, 0.2) is 23.2 Å². The molecule has 0 radical (unpaired) electrons. The van der Waals surface area contributed by atoms with Crippen molar-refractivity contribution in [3.8, 4) is 0 Å². The minimum Gasteiger partial charge on any atom is -0.445 e.